The summed E-state index contributed by atoms with van der Waals surface area (Å²) in [6, 6.07) is 12.9. The maximum atomic E-state index is 12.4. The van der Waals surface area contributed by atoms with E-state index >= 15 is 0 Å². The maximum absolute atomic E-state index is 12.4. The van der Waals surface area contributed by atoms with E-state index in [0.29, 0.717) is 23.2 Å². The Balaban J connectivity index is 1.94. The third kappa shape index (κ3) is 6.82. The summed E-state index contributed by atoms with van der Waals surface area (Å²) >= 11 is 5.82. The lowest BCUT2D eigenvalue weighted by Crippen LogP contribution is -2.38. The second-order valence-corrected chi connectivity index (χ2v) is 9.02. The number of amides is 1. The van der Waals surface area contributed by atoms with Gasteiger partial charge in [0.05, 0.1) is 4.90 Å². The largest absolute Gasteiger partial charge is 0.481 e. The van der Waals surface area contributed by atoms with Crippen molar-refractivity contribution in [2.24, 2.45) is 5.92 Å². The number of sulfonamides is 1. The van der Waals surface area contributed by atoms with Gasteiger partial charge in [-0.1, -0.05) is 37.6 Å². The van der Waals surface area contributed by atoms with E-state index in [1.165, 1.54) is 24.3 Å². The molecule has 0 unspecified atom stereocenters. The van der Waals surface area contributed by atoms with Gasteiger partial charge in [0.25, 0.3) is 5.91 Å². The molecule has 2 aromatic carbocycles. The molecule has 2 rings (SSSR count). The number of carbonyl (C=O) groups excluding carboxylic acids is 1. The molecule has 2 aromatic rings. The van der Waals surface area contributed by atoms with Gasteiger partial charge < -0.3 is 10.1 Å². The van der Waals surface area contributed by atoms with Gasteiger partial charge >= 0.3 is 0 Å². The molecule has 2 N–H and O–H groups in total. The molecule has 1 amide bonds. The summed E-state index contributed by atoms with van der Waals surface area (Å²) in [4.78, 5) is 12.1. The van der Waals surface area contributed by atoms with Crippen LogP contribution in [0.4, 0.5) is 0 Å². The number of ether oxygens (including phenoxy) is 1. The molecule has 152 valence electrons. The van der Waals surface area contributed by atoms with Crippen molar-refractivity contribution in [3.63, 3.8) is 0 Å². The van der Waals surface area contributed by atoms with Gasteiger partial charge in [-0.15, -0.1) is 0 Å². The van der Waals surface area contributed by atoms with Gasteiger partial charge in [-0.3, -0.25) is 4.79 Å². The van der Waals surface area contributed by atoms with Crippen LogP contribution in [0.1, 0.15) is 26.3 Å². The van der Waals surface area contributed by atoms with Crippen LogP contribution in [0, 0.1) is 5.92 Å². The van der Waals surface area contributed by atoms with Crippen LogP contribution in [-0.2, 0) is 21.4 Å². The predicted molar refractivity (Wildman–Crippen MR) is 110 cm³/mol. The highest BCUT2D eigenvalue weighted by Gasteiger charge is 2.17. The number of hydrogen-bond acceptors (Lipinski definition) is 4. The quantitative estimate of drug-likeness (QED) is 0.646. The van der Waals surface area contributed by atoms with Crippen molar-refractivity contribution in [3.8, 4) is 5.75 Å². The van der Waals surface area contributed by atoms with Crippen LogP contribution in [0.3, 0.4) is 0 Å². The molecular formula is C20H25ClN2O4S. The van der Waals surface area contributed by atoms with Crippen LogP contribution < -0.4 is 14.8 Å². The molecule has 0 aromatic heterocycles. The Morgan fingerprint density at radius 1 is 1.04 bits per heavy atom. The van der Waals surface area contributed by atoms with Gasteiger partial charge in [0.2, 0.25) is 10.0 Å². The van der Waals surface area contributed by atoms with Crippen molar-refractivity contribution in [1.29, 1.82) is 0 Å². The lowest BCUT2D eigenvalue weighted by molar-refractivity contribution is -0.127. The number of nitrogens with one attached hydrogen (secondary N) is 2. The van der Waals surface area contributed by atoms with Crippen LogP contribution in [0.5, 0.6) is 5.75 Å². The Kier molecular flexibility index (Phi) is 7.86. The van der Waals surface area contributed by atoms with E-state index in [-0.39, 0.29) is 17.3 Å². The third-order valence-corrected chi connectivity index (χ3v) is 5.55. The number of benzene rings is 2. The van der Waals surface area contributed by atoms with Gasteiger partial charge in [-0.05, 0) is 54.8 Å². The van der Waals surface area contributed by atoms with E-state index < -0.39 is 16.1 Å². The van der Waals surface area contributed by atoms with E-state index in [0.717, 1.165) is 5.56 Å². The molecule has 1 atom stereocenters. The molecule has 0 aliphatic heterocycles. The van der Waals surface area contributed by atoms with Crippen molar-refractivity contribution in [2.45, 2.75) is 38.3 Å². The summed E-state index contributed by atoms with van der Waals surface area (Å²) in [5.74, 6) is 0.555. The first-order valence-electron chi connectivity index (χ1n) is 8.96. The van der Waals surface area contributed by atoms with Gasteiger partial charge in [-0.25, -0.2) is 13.1 Å². The smallest absolute Gasteiger partial charge is 0.260 e. The molecular weight excluding hydrogens is 400 g/mol. The molecule has 0 saturated carbocycles. The second kappa shape index (κ2) is 9.91. The summed E-state index contributed by atoms with van der Waals surface area (Å²) in [6.45, 7) is 6.39. The van der Waals surface area contributed by atoms with E-state index in [1.54, 1.807) is 31.2 Å². The molecule has 0 aliphatic rings. The Bertz CT molecular complexity index is 881. The zero-order valence-electron chi connectivity index (χ0n) is 16.1. The van der Waals surface area contributed by atoms with E-state index in [2.05, 4.69) is 10.0 Å². The number of hydrogen-bond donors (Lipinski definition) is 2. The molecule has 0 aliphatic carbocycles. The lowest BCUT2D eigenvalue weighted by Gasteiger charge is -2.16. The first-order valence-corrected chi connectivity index (χ1v) is 10.8. The number of carbonyl (C=O) groups is 1. The van der Waals surface area contributed by atoms with Gasteiger partial charge in [0.1, 0.15) is 5.75 Å². The SMILES string of the molecule is CC(C)CNC(=O)[C@H](C)Oc1ccc(S(=O)(=O)NCc2ccc(Cl)cc2)cc1. The van der Waals surface area contributed by atoms with Crippen LogP contribution in [0.2, 0.25) is 5.02 Å². The fourth-order valence-electron chi connectivity index (χ4n) is 2.27. The molecule has 0 fully saturated rings. The van der Waals surface area contributed by atoms with E-state index in [1.807, 2.05) is 13.8 Å². The Morgan fingerprint density at radius 2 is 1.64 bits per heavy atom. The number of halogens is 1. The minimum Gasteiger partial charge on any atom is -0.481 e. The molecule has 28 heavy (non-hydrogen) atoms. The highest BCUT2D eigenvalue weighted by molar-refractivity contribution is 7.89. The normalized spacial score (nSPS) is 12.6. The number of rotatable bonds is 9. The minimum atomic E-state index is -3.67. The van der Waals surface area contributed by atoms with Crippen molar-refractivity contribution >= 4 is 27.5 Å². The molecule has 0 saturated heterocycles. The van der Waals surface area contributed by atoms with Crippen LogP contribution >= 0.6 is 11.6 Å². The first kappa shape index (κ1) is 22.2. The second-order valence-electron chi connectivity index (χ2n) is 6.82. The Morgan fingerprint density at radius 3 is 2.21 bits per heavy atom. The molecule has 0 radical (unpaired) electrons. The summed E-state index contributed by atoms with van der Waals surface area (Å²) in [6.07, 6.45) is -0.677. The van der Waals surface area contributed by atoms with Crippen molar-refractivity contribution < 1.29 is 17.9 Å². The molecule has 6 nitrogen and oxygen atoms in total. The van der Waals surface area contributed by atoms with Crippen molar-refractivity contribution in [1.82, 2.24) is 10.0 Å². The van der Waals surface area contributed by atoms with Gasteiger partial charge in [-0.2, -0.15) is 0 Å². The zero-order chi connectivity index (χ0) is 20.7. The Labute approximate surface area is 171 Å². The minimum absolute atomic E-state index is 0.116. The summed E-state index contributed by atoms with van der Waals surface area (Å²) in [7, 11) is -3.67. The molecule has 0 spiro atoms. The topological polar surface area (TPSA) is 84.5 Å². The van der Waals surface area contributed by atoms with Crippen molar-refractivity contribution in [2.75, 3.05) is 6.54 Å². The van der Waals surface area contributed by atoms with E-state index in [9.17, 15) is 13.2 Å². The fourth-order valence-corrected chi connectivity index (χ4v) is 3.41. The third-order valence-electron chi connectivity index (χ3n) is 3.88. The first-order chi connectivity index (χ1) is 13.2. The van der Waals surface area contributed by atoms with Crippen LogP contribution in [-0.4, -0.2) is 27.0 Å². The van der Waals surface area contributed by atoms with Crippen LogP contribution in [0.15, 0.2) is 53.4 Å². The standard InChI is InChI=1S/C20H25ClN2O4S/c1-14(2)12-22-20(24)15(3)27-18-8-10-19(11-9-18)28(25,26)23-13-16-4-6-17(21)7-5-16/h4-11,14-15,23H,12-13H2,1-3H3,(H,22,24)/t15-/m0/s1. The fraction of sp³-hybridized carbons (Fsp3) is 0.350. The maximum Gasteiger partial charge on any atom is 0.260 e. The summed E-state index contributed by atoms with van der Waals surface area (Å²) in [5, 5.41) is 3.39. The summed E-state index contributed by atoms with van der Waals surface area (Å²) < 4.78 is 33.0. The highest BCUT2D eigenvalue weighted by atomic mass is 35.5. The van der Waals surface area contributed by atoms with Gasteiger partial charge in [0.15, 0.2) is 6.10 Å². The van der Waals surface area contributed by atoms with Crippen molar-refractivity contribution in [3.05, 3.63) is 59.1 Å². The molecule has 0 heterocycles. The average Bonchev–Trinajstić information content (AvgIpc) is 2.66. The molecule has 8 heteroatoms. The summed E-state index contributed by atoms with van der Waals surface area (Å²) in [5.41, 5.74) is 0.800. The molecule has 0 bridgehead atoms. The van der Waals surface area contributed by atoms with Crippen LogP contribution in [0.25, 0.3) is 0 Å². The average molecular weight is 425 g/mol. The lowest BCUT2D eigenvalue weighted by atomic mass is 10.2. The predicted octanol–water partition coefficient (Wildman–Crippen LogP) is 3.36. The zero-order valence-corrected chi connectivity index (χ0v) is 17.7. The monoisotopic (exact) mass is 424 g/mol. The highest BCUT2D eigenvalue weighted by Crippen LogP contribution is 2.18. The Hall–Kier alpha value is -2.09. The van der Waals surface area contributed by atoms with Gasteiger partial charge in [0, 0.05) is 18.1 Å². The van der Waals surface area contributed by atoms with E-state index in [4.69, 9.17) is 16.3 Å².